The number of hydrogen-bond donors (Lipinski definition) is 0. The smallest absolute Gasteiger partial charge is 0.417 e. The highest BCUT2D eigenvalue weighted by Crippen LogP contribution is 2.37. The van der Waals surface area contributed by atoms with E-state index >= 15 is 0 Å². The number of ether oxygens (including phenoxy) is 1. The maximum Gasteiger partial charge on any atom is 0.417 e. The van der Waals surface area contributed by atoms with Crippen molar-refractivity contribution >= 4 is 11.7 Å². The van der Waals surface area contributed by atoms with Gasteiger partial charge in [0.1, 0.15) is 0 Å². The van der Waals surface area contributed by atoms with Crippen LogP contribution in [0.25, 0.3) is 5.76 Å². The van der Waals surface area contributed by atoms with Crippen molar-refractivity contribution in [3.63, 3.8) is 0 Å². The Labute approximate surface area is 168 Å². The Kier molecular flexibility index (Phi) is 8.02. The summed E-state index contributed by atoms with van der Waals surface area (Å²) in [5, 5.41) is 9.64. The number of halogens is 3. The molecule has 0 bridgehead atoms. The van der Waals surface area contributed by atoms with E-state index in [1.54, 1.807) is 0 Å². The van der Waals surface area contributed by atoms with E-state index in [0.29, 0.717) is 12.8 Å². The average Bonchev–Trinajstić information content (AvgIpc) is 2.72. The maximum atomic E-state index is 13.5. The number of hydrogen-bond acceptors (Lipinski definition) is 3. The van der Waals surface area contributed by atoms with E-state index in [4.69, 9.17) is 4.74 Å². The van der Waals surface area contributed by atoms with E-state index in [0.717, 1.165) is 18.1 Å². The molecule has 0 unspecified atom stereocenters. The first-order chi connectivity index (χ1) is 13.9. The molecular formula is C23H22F3NO2. The summed E-state index contributed by atoms with van der Waals surface area (Å²) in [4.78, 5) is 12.2. The van der Waals surface area contributed by atoms with Crippen LogP contribution in [0.15, 0.2) is 60.2 Å². The molecule has 2 rings (SSSR count). The number of esters is 1. The lowest BCUT2D eigenvalue weighted by Gasteiger charge is -2.17. The van der Waals surface area contributed by atoms with Gasteiger partial charge < -0.3 is 4.74 Å². The Balaban J connectivity index is 2.47. The summed E-state index contributed by atoms with van der Waals surface area (Å²) in [7, 11) is 0. The lowest BCUT2D eigenvalue weighted by atomic mass is 9.98. The number of nitriles is 1. The summed E-state index contributed by atoms with van der Waals surface area (Å²) in [6, 6.07) is 16.1. The number of unbranched alkanes of at least 4 members (excludes halogenated alkanes) is 1. The second kappa shape index (κ2) is 10.5. The summed E-state index contributed by atoms with van der Waals surface area (Å²) in [5.41, 5.74) is -0.295. The van der Waals surface area contributed by atoms with E-state index in [1.807, 2.05) is 43.3 Å². The van der Waals surface area contributed by atoms with Gasteiger partial charge in [0, 0.05) is 12.0 Å². The molecule has 0 fully saturated rings. The highest BCUT2D eigenvalue weighted by Gasteiger charge is 2.35. The first kappa shape index (κ1) is 22.2. The van der Waals surface area contributed by atoms with E-state index in [-0.39, 0.29) is 29.7 Å². The second-order valence-electron chi connectivity index (χ2n) is 6.53. The molecule has 0 aliphatic carbocycles. The topological polar surface area (TPSA) is 50.1 Å². The number of allylic oxidation sites excluding steroid dienone is 1. The Morgan fingerprint density at radius 2 is 1.69 bits per heavy atom. The standard InChI is InChI=1S/C23H22F3NO2/c1-2-3-13-21(28)29-22(19-11-7-8-12-20(19)23(24,25)26)18(16-27)15-14-17-9-5-4-6-10-17/h4-12H,2-3,13-15H2,1H3. The van der Waals surface area contributed by atoms with Gasteiger partial charge in [0.05, 0.1) is 17.2 Å². The van der Waals surface area contributed by atoms with E-state index in [2.05, 4.69) is 0 Å². The van der Waals surface area contributed by atoms with E-state index in [1.165, 1.54) is 18.2 Å². The first-order valence-electron chi connectivity index (χ1n) is 9.41. The third-order valence-electron chi connectivity index (χ3n) is 4.34. The highest BCUT2D eigenvalue weighted by molar-refractivity contribution is 5.81. The molecule has 0 spiro atoms. The fraction of sp³-hybridized carbons (Fsp3) is 0.304. The molecule has 6 heteroatoms. The monoisotopic (exact) mass is 401 g/mol. The summed E-state index contributed by atoms with van der Waals surface area (Å²) in [6.45, 7) is 1.89. The number of carbonyl (C=O) groups is 1. The van der Waals surface area contributed by atoms with Gasteiger partial charge >= 0.3 is 12.1 Å². The van der Waals surface area contributed by atoms with Crippen molar-refractivity contribution in [2.45, 2.75) is 45.2 Å². The van der Waals surface area contributed by atoms with Crippen LogP contribution in [0.1, 0.15) is 49.3 Å². The molecule has 2 aromatic carbocycles. The van der Waals surface area contributed by atoms with Crippen LogP contribution in [0, 0.1) is 11.3 Å². The lowest BCUT2D eigenvalue weighted by Crippen LogP contribution is -2.13. The molecule has 0 N–H and O–H groups in total. The maximum absolute atomic E-state index is 13.5. The Bertz CT molecular complexity index is 896. The predicted molar refractivity (Wildman–Crippen MR) is 104 cm³/mol. The number of rotatable bonds is 8. The molecule has 0 aliphatic rings. The van der Waals surface area contributed by atoms with Crippen LogP contribution in [0.3, 0.4) is 0 Å². The van der Waals surface area contributed by atoms with Crippen LogP contribution in [0.4, 0.5) is 13.2 Å². The quantitative estimate of drug-likeness (QED) is 0.296. The average molecular weight is 401 g/mol. The van der Waals surface area contributed by atoms with Crippen molar-refractivity contribution in [2.75, 3.05) is 0 Å². The van der Waals surface area contributed by atoms with Gasteiger partial charge in [-0.25, -0.2) is 0 Å². The number of nitrogens with zero attached hydrogens (tertiary/aromatic N) is 1. The number of benzene rings is 2. The number of carbonyl (C=O) groups excluding carboxylic acids is 1. The zero-order valence-electron chi connectivity index (χ0n) is 16.1. The third kappa shape index (κ3) is 6.49. The van der Waals surface area contributed by atoms with Crippen molar-refractivity contribution < 1.29 is 22.7 Å². The fourth-order valence-corrected chi connectivity index (χ4v) is 2.83. The lowest BCUT2D eigenvalue weighted by molar-refractivity contribution is -0.140. The van der Waals surface area contributed by atoms with Gasteiger partial charge in [-0.3, -0.25) is 4.79 Å². The third-order valence-corrected chi connectivity index (χ3v) is 4.34. The molecule has 0 radical (unpaired) electrons. The zero-order chi connectivity index (χ0) is 21.3. The van der Waals surface area contributed by atoms with Crippen LogP contribution in [-0.4, -0.2) is 5.97 Å². The van der Waals surface area contributed by atoms with Gasteiger partial charge in [0.25, 0.3) is 0 Å². The van der Waals surface area contributed by atoms with Crippen molar-refractivity contribution in [1.82, 2.24) is 0 Å². The van der Waals surface area contributed by atoms with Crippen molar-refractivity contribution in [2.24, 2.45) is 0 Å². The molecule has 0 atom stereocenters. The minimum Gasteiger partial charge on any atom is -0.425 e. The van der Waals surface area contributed by atoms with Crippen molar-refractivity contribution in [3.8, 4) is 6.07 Å². The highest BCUT2D eigenvalue weighted by atomic mass is 19.4. The van der Waals surface area contributed by atoms with Gasteiger partial charge in [-0.2, -0.15) is 18.4 Å². The summed E-state index contributed by atoms with van der Waals surface area (Å²) in [5.74, 6) is -0.955. The molecule has 0 aromatic heterocycles. The second-order valence-corrected chi connectivity index (χ2v) is 6.53. The molecule has 0 saturated carbocycles. The summed E-state index contributed by atoms with van der Waals surface area (Å²) < 4.78 is 45.9. The van der Waals surface area contributed by atoms with Crippen molar-refractivity contribution in [3.05, 3.63) is 76.9 Å². The summed E-state index contributed by atoms with van der Waals surface area (Å²) >= 11 is 0. The Morgan fingerprint density at radius 1 is 1.03 bits per heavy atom. The first-order valence-corrected chi connectivity index (χ1v) is 9.41. The molecular weight excluding hydrogens is 379 g/mol. The van der Waals surface area contributed by atoms with Crippen LogP contribution in [0.2, 0.25) is 0 Å². The van der Waals surface area contributed by atoms with Gasteiger partial charge in [-0.05, 0) is 30.9 Å². The molecule has 3 nitrogen and oxygen atoms in total. The number of alkyl halides is 3. The van der Waals surface area contributed by atoms with Crippen LogP contribution < -0.4 is 0 Å². The normalized spacial score (nSPS) is 12.1. The van der Waals surface area contributed by atoms with Gasteiger partial charge in [0.15, 0.2) is 5.76 Å². The SMILES string of the molecule is CCCCC(=O)OC(=C(C#N)CCc1ccccc1)c1ccccc1C(F)(F)F. The van der Waals surface area contributed by atoms with E-state index < -0.39 is 17.7 Å². The molecule has 0 amide bonds. The Hall–Kier alpha value is -3.07. The predicted octanol–water partition coefficient (Wildman–Crippen LogP) is 6.31. The zero-order valence-corrected chi connectivity index (χ0v) is 16.1. The van der Waals surface area contributed by atoms with Crippen LogP contribution in [-0.2, 0) is 22.1 Å². The number of aryl methyl sites for hydroxylation is 1. The van der Waals surface area contributed by atoms with Gasteiger partial charge in [0.2, 0.25) is 0 Å². The molecule has 0 saturated heterocycles. The van der Waals surface area contributed by atoms with Crippen LogP contribution in [0.5, 0.6) is 0 Å². The fourth-order valence-electron chi connectivity index (χ4n) is 2.83. The van der Waals surface area contributed by atoms with Crippen molar-refractivity contribution in [1.29, 1.82) is 5.26 Å². The molecule has 2 aromatic rings. The van der Waals surface area contributed by atoms with Crippen LogP contribution >= 0.6 is 0 Å². The molecule has 29 heavy (non-hydrogen) atoms. The minimum absolute atomic E-state index is 0.00963. The molecule has 152 valence electrons. The molecule has 0 aliphatic heterocycles. The van der Waals surface area contributed by atoms with Gasteiger partial charge in [-0.15, -0.1) is 0 Å². The minimum atomic E-state index is -4.64. The van der Waals surface area contributed by atoms with Gasteiger partial charge in [-0.1, -0.05) is 61.9 Å². The molecule has 0 heterocycles. The van der Waals surface area contributed by atoms with E-state index in [9.17, 15) is 23.2 Å². The Morgan fingerprint density at radius 3 is 2.31 bits per heavy atom. The summed E-state index contributed by atoms with van der Waals surface area (Å²) in [6.07, 6.45) is -2.67. The largest absolute Gasteiger partial charge is 0.425 e.